The van der Waals surface area contributed by atoms with Gasteiger partial charge < -0.3 is 10.6 Å². The molecule has 1 aromatic rings. The van der Waals surface area contributed by atoms with Gasteiger partial charge in [-0.25, -0.2) is 4.98 Å². The topological polar surface area (TPSA) is 54.0 Å². The molecule has 2 aliphatic rings. The summed E-state index contributed by atoms with van der Waals surface area (Å²) < 4.78 is 0. The zero-order valence-electron chi connectivity index (χ0n) is 8.32. The maximum atomic E-state index is 11.6. The van der Waals surface area contributed by atoms with E-state index in [0.717, 1.165) is 18.0 Å². The van der Waals surface area contributed by atoms with E-state index in [2.05, 4.69) is 15.6 Å². The highest BCUT2D eigenvalue weighted by Crippen LogP contribution is 2.27. The fraction of sp³-hybridized carbons (Fsp3) is 0.600. The zero-order chi connectivity index (χ0) is 10.3. The summed E-state index contributed by atoms with van der Waals surface area (Å²) in [7, 11) is 0. The van der Waals surface area contributed by atoms with Gasteiger partial charge in [0.15, 0.2) is 5.13 Å². The van der Waals surface area contributed by atoms with Crippen molar-refractivity contribution in [1.82, 2.24) is 10.3 Å². The molecule has 1 amide bonds. The van der Waals surface area contributed by atoms with Gasteiger partial charge in [-0.15, -0.1) is 11.3 Å². The molecular formula is C10H13N3OS. The monoisotopic (exact) mass is 223 g/mol. The van der Waals surface area contributed by atoms with Gasteiger partial charge in [-0.2, -0.15) is 0 Å². The Morgan fingerprint density at radius 1 is 1.33 bits per heavy atom. The third-order valence-corrected chi connectivity index (χ3v) is 3.33. The predicted molar refractivity (Wildman–Crippen MR) is 59.2 cm³/mol. The number of carbonyl (C=O) groups excluding carboxylic acids is 1. The van der Waals surface area contributed by atoms with Gasteiger partial charge in [0.1, 0.15) is 5.69 Å². The van der Waals surface area contributed by atoms with E-state index in [4.69, 9.17) is 0 Å². The van der Waals surface area contributed by atoms with Gasteiger partial charge in [-0.3, -0.25) is 4.79 Å². The first kappa shape index (κ1) is 9.15. The Bertz CT molecular complexity index is 382. The van der Waals surface area contributed by atoms with Crippen LogP contribution in [0.5, 0.6) is 0 Å². The maximum Gasteiger partial charge on any atom is 0.271 e. The van der Waals surface area contributed by atoms with Crippen LogP contribution < -0.4 is 10.6 Å². The highest BCUT2D eigenvalue weighted by atomic mass is 32.1. The Kier molecular flexibility index (Phi) is 2.12. The number of hydrogen-bond acceptors (Lipinski definition) is 4. The van der Waals surface area contributed by atoms with Crippen LogP contribution in [-0.4, -0.2) is 23.0 Å². The maximum absolute atomic E-state index is 11.6. The third kappa shape index (κ3) is 2.28. The molecule has 80 valence electrons. The summed E-state index contributed by atoms with van der Waals surface area (Å²) in [5, 5.41) is 8.91. The van der Waals surface area contributed by atoms with Crippen molar-refractivity contribution in [2.24, 2.45) is 0 Å². The van der Waals surface area contributed by atoms with Crippen LogP contribution in [0.15, 0.2) is 5.38 Å². The molecule has 5 heteroatoms. The molecule has 1 aromatic heterocycles. The second kappa shape index (κ2) is 3.48. The summed E-state index contributed by atoms with van der Waals surface area (Å²) >= 11 is 1.51. The molecule has 2 aliphatic carbocycles. The van der Waals surface area contributed by atoms with Crippen LogP contribution in [-0.2, 0) is 0 Å². The second-order valence-electron chi connectivity index (χ2n) is 4.20. The molecular weight excluding hydrogens is 210 g/mol. The third-order valence-electron chi connectivity index (χ3n) is 2.55. The summed E-state index contributed by atoms with van der Waals surface area (Å²) in [6.45, 7) is 0. The molecule has 0 atom stereocenters. The Morgan fingerprint density at radius 3 is 2.73 bits per heavy atom. The van der Waals surface area contributed by atoms with Crippen LogP contribution in [0.4, 0.5) is 5.13 Å². The van der Waals surface area contributed by atoms with E-state index in [1.165, 1.54) is 24.2 Å². The summed E-state index contributed by atoms with van der Waals surface area (Å²) in [5.74, 6) is -0.0300. The average molecular weight is 223 g/mol. The van der Waals surface area contributed by atoms with Gasteiger partial charge in [0, 0.05) is 17.5 Å². The summed E-state index contributed by atoms with van der Waals surface area (Å²) in [5.41, 5.74) is 0.551. The number of aromatic nitrogens is 1. The highest BCUT2D eigenvalue weighted by molar-refractivity contribution is 7.13. The van der Waals surface area contributed by atoms with Gasteiger partial charge in [-0.05, 0) is 25.7 Å². The lowest BCUT2D eigenvalue weighted by molar-refractivity contribution is 0.0947. The van der Waals surface area contributed by atoms with Crippen molar-refractivity contribution >= 4 is 22.4 Å². The highest BCUT2D eigenvalue weighted by Gasteiger charge is 2.26. The average Bonchev–Trinajstić information content (AvgIpc) is 3.09. The lowest BCUT2D eigenvalue weighted by Gasteiger charge is -1.99. The number of thiazole rings is 1. The van der Waals surface area contributed by atoms with E-state index in [1.54, 1.807) is 0 Å². The summed E-state index contributed by atoms with van der Waals surface area (Å²) in [4.78, 5) is 15.9. The minimum absolute atomic E-state index is 0.0300. The Labute approximate surface area is 92.1 Å². The van der Waals surface area contributed by atoms with Gasteiger partial charge in [0.2, 0.25) is 0 Å². The Balaban J connectivity index is 1.62. The largest absolute Gasteiger partial charge is 0.359 e. The van der Waals surface area contributed by atoms with Crippen molar-refractivity contribution in [1.29, 1.82) is 0 Å². The van der Waals surface area contributed by atoms with Gasteiger partial charge in [0.05, 0.1) is 0 Å². The molecule has 4 nitrogen and oxygen atoms in total. The van der Waals surface area contributed by atoms with Crippen molar-refractivity contribution in [2.75, 3.05) is 5.32 Å². The van der Waals surface area contributed by atoms with Crippen LogP contribution >= 0.6 is 11.3 Å². The van der Waals surface area contributed by atoms with Crippen molar-refractivity contribution in [2.45, 2.75) is 37.8 Å². The number of nitrogens with one attached hydrogen (secondary N) is 2. The van der Waals surface area contributed by atoms with Gasteiger partial charge >= 0.3 is 0 Å². The molecule has 0 bridgehead atoms. The van der Waals surface area contributed by atoms with Gasteiger partial charge in [-0.1, -0.05) is 0 Å². The molecule has 2 saturated carbocycles. The van der Waals surface area contributed by atoms with E-state index in [-0.39, 0.29) is 5.91 Å². The van der Waals surface area contributed by atoms with E-state index in [1.807, 2.05) is 5.38 Å². The van der Waals surface area contributed by atoms with Crippen molar-refractivity contribution in [3.05, 3.63) is 11.1 Å². The molecule has 0 saturated heterocycles. The number of nitrogens with zero attached hydrogens (tertiary/aromatic N) is 1. The molecule has 0 spiro atoms. The molecule has 0 aromatic carbocycles. The normalized spacial score (nSPS) is 20.0. The van der Waals surface area contributed by atoms with Crippen LogP contribution in [0.1, 0.15) is 36.2 Å². The first-order valence-corrected chi connectivity index (χ1v) is 6.22. The van der Waals surface area contributed by atoms with Crippen LogP contribution in [0.3, 0.4) is 0 Å². The molecule has 0 radical (unpaired) electrons. The molecule has 3 rings (SSSR count). The minimum Gasteiger partial charge on any atom is -0.359 e. The fourth-order valence-electron chi connectivity index (χ4n) is 1.33. The first-order chi connectivity index (χ1) is 7.31. The van der Waals surface area contributed by atoms with E-state index < -0.39 is 0 Å². The quantitative estimate of drug-likeness (QED) is 0.815. The van der Waals surface area contributed by atoms with Crippen LogP contribution in [0.25, 0.3) is 0 Å². The Morgan fingerprint density at radius 2 is 2.07 bits per heavy atom. The predicted octanol–water partition coefficient (Wildman–Crippen LogP) is 1.61. The van der Waals surface area contributed by atoms with Crippen LogP contribution in [0, 0.1) is 0 Å². The van der Waals surface area contributed by atoms with E-state index in [9.17, 15) is 4.79 Å². The van der Waals surface area contributed by atoms with Crippen LogP contribution in [0.2, 0.25) is 0 Å². The molecule has 15 heavy (non-hydrogen) atoms. The second-order valence-corrected chi connectivity index (χ2v) is 5.06. The number of rotatable bonds is 4. The fourth-order valence-corrected chi connectivity index (χ4v) is 2.10. The van der Waals surface area contributed by atoms with Gasteiger partial charge in [0.25, 0.3) is 5.91 Å². The number of anilines is 1. The van der Waals surface area contributed by atoms with Crippen molar-refractivity contribution in [3.8, 4) is 0 Å². The summed E-state index contributed by atoms with van der Waals surface area (Å²) in [6, 6.07) is 0.995. The SMILES string of the molecule is O=C(NC1CC1)c1csc(NC2CC2)n1. The van der Waals surface area contributed by atoms with Crippen molar-refractivity contribution < 1.29 is 4.79 Å². The number of hydrogen-bond donors (Lipinski definition) is 2. The minimum atomic E-state index is -0.0300. The Hall–Kier alpha value is -1.10. The van der Waals surface area contributed by atoms with E-state index in [0.29, 0.717) is 17.8 Å². The summed E-state index contributed by atoms with van der Waals surface area (Å²) in [6.07, 6.45) is 4.68. The van der Waals surface area contributed by atoms with E-state index >= 15 is 0 Å². The standard InChI is InChI=1S/C10H13N3OS/c14-9(11-6-1-2-6)8-5-15-10(13-8)12-7-3-4-7/h5-7H,1-4H2,(H,11,14)(H,12,13). The number of carbonyl (C=O) groups is 1. The molecule has 2 fully saturated rings. The first-order valence-electron chi connectivity index (χ1n) is 5.34. The number of amides is 1. The molecule has 0 unspecified atom stereocenters. The smallest absolute Gasteiger partial charge is 0.271 e. The zero-order valence-corrected chi connectivity index (χ0v) is 9.14. The molecule has 0 aliphatic heterocycles. The van der Waals surface area contributed by atoms with Crippen molar-refractivity contribution in [3.63, 3.8) is 0 Å². The molecule has 2 N–H and O–H groups in total. The lowest BCUT2D eigenvalue weighted by atomic mass is 10.4. The molecule has 1 heterocycles. The lowest BCUT2D eigenvalue weighted by Crippen LogP contribution is -2.25.